The average molecular weight is 227 g/mol. The van der Waals surface area contributed by atoms with E-state index < -0.39 is 5.54 Å². The molecule has 1 fully saturated rings. The third kappa shape index (κ3) is 2.87. The second-order valence-electron chi connectivity index (χ2n) is 4.72. The van der Waals surface area contributed by atoms with Gasteiger partial charge >= 0.3 is 0 Å². The van der Waals surface area contributed by atoms with Crippen LogP contribution in [-0.4, -0.2) is 22.5 Å². The molecule has 5 nitrogen and oxygen atoms in total. The molecular weight excluding hydrogens is 206 g/mol. The van der Waals surface area contributed by atoms with Crippen molar-refractivity contribution >= 4 is 11.7 Å². The Balaban J connectivity index is 2.51. The van der Waals surface area contributed by atoms with E-state index in [4.69, 9.17) is 10.9 Å². The zero-order valence-electron chi connectivity index (χ0n) is 9.99. The lowest BCUT2D eigenvalue weighted by Crippen LogP contribution is -2.55. The Labute approximate surface area is 96.1 Å². The molecule has 4 N–H and O–H groups in total. The summed E-state index contributed by atoms with van der Waals surface area (Å²) in [5, 5.41) is 14.5. The van der Waals surface area contributed by atoms with Crippen LogP contribution in [-0.2, 0) is 4.79 Å². The van der Waals surface area contributed by atoms with Crippen LogP contribution in [0.1, 0.15) is 46.0 Å². The molecule has 0 aromatic heterocycles. The second kappa shape index (κ2) is 5.18. The summed E-state index contributed by atoms with van der Waals surface area (Å²) in [7, 11) is 0. The van der Waals surface area contributed by atoms with Crippen LogP contribution in [0.15, 0.2) is 5.16 Å². The van der Waals surface area contributed by atoms with E-state index in [2.05, 4.69) is 10.5 Å². The Morgan fingerprint density at radius 1 is 1.62 bits per heavy atom. The van der Waals surface area contributed by atoms with Crippen LogP contribution in [0.25, 0.3) is 0 Å². The van der Waals surface area contributed by atoms with E-state index in [0.717, 1.165) is 12.8 Å². The summed E-state index contributed by atoms with van der Waals surface area (Å²) in [6.45, 7) is 3.66. The van der Waals surface area contributed by atoms with Gasteiger partial charge in [0.15, 0.2) is 5.84 Å². The number of carbonyl (C=O) groups excluding carboxylic acids is 1. The SMILES string of the molecule is CCC(C)(NC(=O)CC1CCC1)C(N)=NO. The van der Waals surface area contributed by atoms with Gasteiger partial charge in [-0.1, -0.05) is 18.5 Å². The first-order valence-electron chi connectivity index (χ1n) is 5.81. The maximum Gasteiger partial charge on any atom is 0.221 e. The van der Waals surface area contributed by atoms with E-state index in [1.165, 1.54) is 6.42 Å². The molecule has 1 rings (SSSR count). The van der Waals surface area contributed by atoms with Crippen molar-refractivity contribution in [2.24, 2.45) is 16.8 Å². The lowest BCUT2D eigenvalue weighted by Gasteiger charge is -2.30. The lowest BCUT2D eigenvalue weighted by atomic mass is 9.82. The van der Waals surface area contributed by atoms with E-state index in [-0.39, 0.29) is 11.7 Å². The summed E-state index contributed by atoms with van der Waals surface area (Å²) in [5.74, 6) is 0.561. The highest BCUT2D eigenvalue weighted by Gasteiger charge is 2.31. The fraction of sp³-hybridized carbons (Fsp3) is 0.818. The molecule has 0 aromatic carbocycles. The number of nitrogens with two attached hydrogens (primary N) is 1. The maximum atomic E-state index is 11.7. The fourth-order valence-electron chi connectivity index (χ4n) is 1.76. The molecule has 0 spiro atoms. The number of hydrogen-bond donors (Lipinski definition) is 3. The Morgan fingerprint density at radius 3 is 2.62 bits per heavy atom. The predicted octanol–water partition coefficient (Wildman–Crippen LogP) is 1.21. The standard InChI is InChI=1S/C11H21N3O2/c1-3-11(2,10(12)14-16)13-9(15)7-8-5-4-6-8/h8,16H,3-7H2,1-2H3,(H2,12,14)(H,13,15). The first kappa shape index (κ1) is 12.8. The molecule has 1 amide bonds. The molecule has 1 saturated carbocycles. The topological polar surface area (TPSA) is 87.7 Å². The molecule has 1 atom stereocenters. The summed E-state index contributed by atoms with van der Waals surface area (Å²) in [6.07, 6.45) is 4.65. The minimum Gasteiger partial charge on any atom is -0.409 e. The first-order valence-corrected chi connectivity index (χ1v) is 5.81. The van der Waals surface area contributed by atoms with Crippen molar-refractivity contribution in [3.05, 3.63) is 0 Å². The molecule has 0 radical (unpaired) electrons. The number of nitrogens with one attached hydrogen (secondary N) is 1. The predicted molar refractivity (Wildman–Crippen MR) is 62.2 cm³/mol. The molecule has 5 heteroatoms. The van der Waals surface area contributed by atoms with Crippen LogP contribution in [0.3, 0.4) is 0 Å². The number of carbonyl (C=O) groups is 1. The van der Waals surface area contributed by atoms with Gasteiger partial charge in [0.05, 0.1) is 5.54 Å². The van der Waals surface area contributed by atoms with Crippen molar-refractivity contribution in [1.82, 2.24) is 5.32 Å². The number of amidine groups is 1. The normalized spacial score (nSPS) is 21.0. The van der Waals surface area contributed by atoms with Gasteiger partial charge in [0.25, 0.3) is 0 Å². The molecule has 0 aromatic rings. The van der Waals surface area contributed by atoms with Gasteiger partial charge in [-0.2, -0.15) is 0 Å². The number of nitrogens with zero attached hydrogens (tertiary/aromatic N) is 1. The lowest BCUT2D eigenvalue weighted by molar-refractivity contribution is -0.123. The molecule has 0 heterocycles. The van der Waals surface area contributed by atoms with Crippen molar-refractivity contribution in [2.45, 2.75) is 51.5 Å². The molecule has 1 aliphatic rings. The zero-order chi connectivity index (χ0) is 12.2. The van der Waals surface area contributed by atoms with Crippen LogP contribution in [0.2, 0.25) is 0 Å². The van der Waals surface area contributed by atoms with Crippen molar-refractivity contribution < 1.29 is 10.0 Å². The average Bonchev–Trinajstić information content (AvgIpc) is 2.22. The van der Waals surface area contributed by atoms with Crippen LogP contribution in [0.5, 0.6) is 0 Å². The highest BCUT2D eigenvalue weighted by atomic mass is 16.4. The van der Waals surface area contributed by atoms with Crippen molar-refractivity contribution in [3.63, 3.8) is 0 Å². The monoisotopic (exact) mass is 227 g/mol. The minimum atomic E-state index is -0.740. The molecule has 92 valence electrons. The van der Waals surface area contributed by atoms with Gasteiger partial charge in [-0.05, 0) is 32.1 Å². The number of amides is 1. The third-order valence-corrected chi connectivity index (χ3v) is 3.49. The van der Waals surface area contributed by atoms with Gasteiger partial charge in [0, 0.05) is 6.42 Å². The van der Waals surface area contributed by atoms with Crippen molar-refractivity contribution in [3.8, 4) is 0 Å². The highest BCUT2D eigenvalue weighted by molar-refractivity contribution is 5.93. The Hall–Kier alpha value is -1.26. The molecule has 0 saturated heterocycles. The highest BCUT2D eigenvalue weighted by Crippen LogP contribution is 2.29. The van der Waals surface area contributed by atoms with Gasteiger partial charge in [0.2, 0.25) is 5.91 Å². The quantitative estimate of drug-likeness (QED) is 0.285. The van der Waals surface area contributed by atoms with Crippen LogP contribution < -0.4 is 11.1 Å². The van der Waals surface area contributed by atoms with Gasteiger partial charge < -0.3 is 16.3 Å². The Morgan fingerprint density at radius 2 is 2.25 bits per heavy atom. The summed E-state index contributed by atoms with van der Waals surface area (Å²) >= 11 is 0. The molecule has 1 aliphatic carbocycles. The van der Waals surface area contributed by atoms with E-state index >= 15 is 0 Å². The Kier molecular flexibility index (Phi) is 4.15. The molecule has 1 unspecified atom stereocenters. The zero-order valence-corrected chi connectivity index (χ0v) is 9.99. The number of oxime groups is 1. The van der Waals surface area contributed by atoms with Gasteiger partial charge in [0.1, 0.15) is 0 Å². The fourth-order valence-corrected chi connectivity index (χ4v) is 1.76. The molecule has 16 heavy (non-hydrogen) atoms. The van der Waals surface area contributed by atoms with E-state index in [1.54, 1.807) is 6.92 Å². The summed E-state index contributed by atoms with van der Waals surface area (Å²) < 4.78 is 0. The Bertz CT molecular complexity index is 287. The number of rotatable bonds is 5. The van der Waals surface area contributed by atoms with Gasteiger partial charge in [-0.15, -0.1) is 0 Å². The van der Waals surface area contributed by atoms with Crippen LogP contribution in [0.4, 0.5) is 0 Å². The molecule has 0 aliphatic heterocycles. The van der Waals surface area contributed by atoms with E-state index in [0.29, 0.717) is 18.8 Å². The van der Waals surface area contributed by atoms with Crippen molar-refractivity contribution in [1.29, 1.82) is 0 Å². The summed E-state index contributed by atoms with van der Waals surface area (Å²) in [4.78, 5) is 11.7. The van der Waals surface area contributed by atoms with Gasteiger partial charge in [-0.25, -0.2) is 0 Å². The molecule has 0 bridgehead atoms. The van der Waals surface area contributed by atoms with Crippen LogP contribution in [0, 0.1) is 5.92 Å². The maximum absolute atomic E-state index is 11.7. The van der Waals surface area contributed by atoms with E-state index in [9.17, 15) is 4.79 Å². The minimum absolute atomic E-state index is 0.0133. The second-order valence-corrected chi connectivity index (χ2v) is 4.72. The summed E-state index contributed by atoms with van der Waals surface area (Å²) in [5.41, 5.74) is 4.83. The van der Waals surface area contributed by atoms with Crippen molar-refractivity contribution in [2.75, 3.05) is 0 Å². The largest absolute Gasteiger partial charge is 0.409 e. The van der Waals surface area contributed by atoms with Gasteiger partial charge in [-0.3, -0.25) is 4.79 Å². The first-order chi connectivity index (χ1) is 7.51. The smallest absolute Gasteiger partial charge is 0.221 e. The van der Waals surface area contributed by atoms with Crippen LogP contribution >= 0.6 is 0 Å². The van der Waals surface area contributed by atoms with E-state index in [1.807, 2.05) is 6.92 Å². The number of hydrogen-bond acceptors (Lipinski definition) is 3. The molecular formula is C11H21N3O2. The summed E-state index contributed by atoms with van der Waals surface area (Å²) in [6, 6.07) is 0. The third-order valence-electron chi connectivity index (χ3n) is 3.49.